The number of aliphatic hydroxyl groups excluding tert-OH is 2. The molecule has 1 saturated carbocycles. The summed E-state index contributed by atoms with van der Waals surface area (Å²) in [6.07, 6.45) is 7.55. The van der Waals surface area contributed by atoms with Gasteiger partial charge in [0.1, 0.15) is 5.75 Å². The Labute approximate surface area is 203 Å². The molecule has 5 N–H and O–H groups in total. The summed E-state index contributed by atoms with van der Waals surface area (Å²) in [5.74, 6) is 0.745. The molecule has 0 heterocycles. The van der Waals surface area contributed by atoms with Gasteiger partial charge in [0.25, 0.3) is 5.91 Å². The van der Waals surface area contributed by atoms with Crippen LogP contribution in [-0.2, 0) is 13.0 Å². The molecule has 3 rings (SSSR count). The van der Waals surface area contributed by atoms with Gasteiger partial charge in [-0.25, -0.2) is 0 Å². The highest BCUT2D eigenvalue weighted by molar-refractivity contribution is 5.94. The highest BCUT2D eigenvalue weighted by Crippen LogP contribution is 2.26. The summed E-state index contributed by atoms with van der Waals surface area (Å²) in [4.78, 5) is 12.7. The second-order valence-electron chi connectivity index (χ2n) is 10.3. The number of β-amino-alcohol motifs (C(OH)–C–C–N with tert-alkyl or cyclic N) is 1. The van der Waals surface area contributed by atoms with E-state index in [1.165, 1.54) is 38.2 Å². The molecule has 0 unspecified atom stereocenters. The van der Waals surface area contributed by atoms with Crippen LogP contribution in [0.2, 0.25) is 0 Å². The van der Waals surface area contributed by atoms with Crippen molar-refractivity contribution < 1.29 is 20.1 Å². The Kier molecular flexibility index (Phi) is 9.51. The third-order valence-corrected chi connectivity index (χ3v) is 6.83. The Bertz CT molecular complexity index is 938. The molecule has 1 aliphatic carbocycles. The van der Waals surface area contributed by atoms with Crippen molar-refractivity contribution in [2.24, 2.45) is 5.92 Å². The number of nitrogens with one attached hydrogen (secondary N) is 2. The maximum absolute atomic E-state index is 12.7. The molecule has 0 bridgehead atoms. The molecular formula is C28H40N2O4. The van der Waals surface area contributed by atoms with Crippen LogP contribution in [0, 0.1) is 5.92 Å². The first-order valence-corrected chi connectivity index (χ1v) is 12.5. The molecule has 2 aromatic rings. The van der Waals surface area contributed by atoms with E-state index in [1.54, 1.807) is 12.1 Å². The van der Waals surface area contributed by atoms with Crippen molar-refractivity contribution in [3.8, 4) is 5.75 Å². The van der Waals surface area contributed by atoms with Crippen LogP contribution in [0.15, 0.2) is 42.5 Å². The lowest BCUT2D eigenvalue weighted by Gasteiger charge is -2.28. The number of hydrogen-bond acceptors (Lipinski definition) is 5. The third kappa shape index (κ3) is 7.83. The highest BCUT2D eigenvalue weighted by Gasteiger charge is 2.21. The van der Waals surface area contributed by atoms with Gasteiger partial charge >= 0.3 is 0 Å². The standard InChI is InChI=1S/C28H40N2O4/c1-28(2,30-18-26(33)22-11-12-25(32)24(16-22)19-31)17-21-9-6-10-23(15-21)27(34)29-14-13-20-7-4-3-5-8-20/h6,9-12,15-16,20,26,30-33H,3-5,7-8,13-14,17-19H2,1-2H3,(H,29,34)/t26-/m1/s1. The average Bonchev–Trinajstić information content (AvgIpc) is 2.83. The summed E-state index contributed by atoms with van der Waals surface area (Å²) >= 11 is 0. The topological polar surface area (TPSA) is 102 Å². The summed E-state index contributed by atoms with van der Waals surface area (Å²) in [7, 11) is 0. The fraction of sp³-hybridized carbons (Fsp3) is 0.536. The lowest BCUT2D eigenvalue weighted by atomic mass is 9.87. The fourth-order valence-corrected chi connectivity index (χ4v) is 4.79. The number of amides is 1. The Balaban J connectivity index is 1.50. The molecule has 2 aromatic carbocycles. The molecule has 186 valence electrons. The average molecular weight is 469 g/mol. The smallest absolute Gasteiger partial charge is 0.251 e. The maximum Gasteiger partial charge on any atom is 0.251 e. The maximum atomic E-state index is 12.7. The highest BCUT2D eigenvalue weighted by atomic mass is 16.3. The van der Waals surface area contributed by atoms with Crippen LogP contribution in [0.4, 0.5) is 0 Å². The van der Waals surface area contributed by atoms with Crippen molar-refractivity contribution >= 4 is 5.91 Å². The fourth-order valence-electron chi connectivity index (χ4n) is 4.79. The monoisotopic (exact) mass is 468 g/mol. The third-order valence-electron chi connectivity index (χ3n) is 6.83. The van der Waals surface area contributed by atoms with E-state index in [0.717, 1.165) is 24.4 Å². The molecule has 1 aliphatic rings. The molecule has 0 aromatic heterocycles. The van der Waals surface area contributed by atoms with E-state index in [-0.39, 0.29) is 23.8 Å². The Hall–Kier alpha value is -2.41. The van der Waals surface area contributed by atoms with Crippen molar-refractivity contribution in [1.29, 1.82) is 0 Å². The van der Waals surface area contributed by atoms with E-state index in [9.17, 15) is 20.1 Å². The van der Waals surface area contributed by atoms with Gasteiger partial charge in [-0.05, 0) is 68.0 Å². The number of carbonyl (C=O) groups excluding carboxylic acids is 1. The van der Waals surface area contributed by atoms with Gasteiger partial charge in [-0.15, -0.1) is 0 Å². The van der Waals surface area contributed by atoms with E-state index < -0.39 is 6.10 Å². The first kappa shape index (κ1) is 26.2. The van der Waals surface area contributed by atoms with Gasteiger partial charge in [-0.3, -0.25) is 4.79 Å². The van der Waals surface area contributed by atoms with Gasteiger partial charge in [-0.1, -0.05) is 50.3 Å². The van der Waals surface area contributed by atoms with Crippen LogP contribution in [0.5, 0.6) is 5.75 Å². The van der Waals surface area contributed by atoms with E-state index in [1.807, 2.05) is 24.3 Å². The van der Waals surface area contributed by atoms with Gasteiger partial charge < -0.3 is 26.0 Å². The Morgan fingerprint density at radius 1 is 1.12 bits per heavy atom. The predicted octanol–water partition coefficient (Wildman–Crippen LogP) is 4.23. The quantitative estimate of drug-likeness (QED) is 0.340. The molecule has 6 nitrogen and oxygen atoms in total. The van der Waals surface area contributed by atoms with Gasteiger partial charge in [0.05, 0.1) is 12.7 Å². The normalized spacial score (nSPS) is 15.8. The Morgan fingerprint density at radius 3 is 2.62 bits per heavy atom. The lowest BCUT2D eigenvalue weighted by Crippen LogP contribution is -2.43. The SMILES string of the molecule is CC(C)(Cc1cccc(C(=O)NCCC2CCCCC2)c1)NC[C@@H](O)c1ccc(O)c(CO)c1. The number of aromatic hydroxyl groups is 1. The molecule has 0 spiro atoms. The van der Waals surface area contributed by atoms with Crippen molar-refractivity contribution in [3.63, 3.8) is 0 Å². The second-order valence-corrected chi connectivity index (χ2v) is 10.3. The summed E-state index contributed by atoms with van der Waals surface area (Å²) in [6.45, 7) is 4.90. The van der Waals surface area contributed by atoms with Gasteiger partial charge in [0.15, 0.2) is 0 Å². The summed E-state index contributed by atoms with van der Waals surface area (Å²) in [5.41, 5.74) is 2.45. The largest absolute Gasteiger partial charge is 0.508 e. The van der Waals surface area contributed by atoms with Crippen molar-refractivity contribution in [1.82, 2.24) is 10.6 Å². The predicted molar refractivity (Wildman–Crippen MR) is 135 cm³/mol. The number of hydrogen-bond donors (Lipinski definition) is 5. The molecule has 6 heteroatoms. The van der Waals surface area contributed by atoms with E-state index >= 15 is 0 Å². The van der Waals surface area contributed by atoms with Crippen LogP contribution < -0.4 is 10.6 Å². The van der Waals surface area contributed by atoms with Crippen molar-refractivity contribution in [2.75, 3.05) is 13.1 Å². The van der Waals surface area contributed by atoms with Crippen LogP contribution in [-0.4, -0.2) is 39.9 Å². The van der Waals surface area contributed by atoms with Crippen LogP contribution in [0.3, 0.4) is 0 Å². The minimum atomic E-state index is -0.772. The molecule has 0 saturated heterocycles. The molecule has 0 radical (unpaired) electrons. The van der Waals surface area contributed by atoms with Crippen molar-refractivity contribution in [2.45, 2.75) is 77.0 Å². The number of carbonyl (C=O) groups is 1. The molecular weight excluding hydrogens is 428 g/mol. The van der Waals surface area contributed by atoms with Crippen molar-refractivity contribution in [3.05, 3.63) is 64.7 Å². The zero-order valence-corrected chi connectivity index (χ0v) is 20.5. The molecule has 1 atom stereocenters. The molecule has 1 fully saturated rings. The van der Waals surface area contributed by atoms with Crippen LogP contribution >= 0.6 is 0 Å². The number of phenols is 1. The summed E-state index contributed by atoms with van der Waals surface area (Å²) in [6, 6.07) is 12.5. The summed E-state index contributed by atoms with van der Waals surface area (Å²) < 4.78 is 0. The van der Waals surface area contributed by atoms with Crippen LogP contribution in [0.25, 0.3) is 0 Å². The number of aliphatic hydroxyl groups is 2. The molecule has 34 heavy (non-hydrogen) atoms. The van der Waals surface area contributed by atoms with Crippen LogP contribution in [0.1, 0.15) is 85.5 Å². The van der Waals surface area contributed by atoms with E-state index in [2.05, 4.69) is 24.5 Å². The minimum absolute atomic E-state index is 0.0182. The van der Waals surface area contributed by atoms with Gasteiger partial charge in [-0.2, -0.15) is 0 Å². The minimum Gasteiger partial charge on any atom is -0.508 e. The van der Waals surface area contributed by atoms with Gasteiger partial charge in [0, 0.05) is 29.8 Å². The van der Waals surface area contributed by atoms with Gasteiger partial charge in [0.2, 0.25) is 0 Å². The van der Waals surface area contributed by atoms with E-state index in [4.69, 9.17) is 0 Å². The number of benzene rings is 2. The molecule has 0 aliphatic heterocycles. The zero-order chi connectivity index (χ0) is 24.6. The first-order chi connectivity index (χ1) is 16.3. The zero-order valence-electron chi connectivity index (χ0n) is 20.5. The number of rotatable bonds is 11. The lowest BCUT2D eigenvalue weighted by molar-refractivity contribution is 0.0950. The first-order valence-electron chi connectivity index (χ1n) is 12.5. The summed E-state index contributed by atoms with van der Waals surface area (Å²) in [5, 5.41) is 36.1. The second kappa shape index (κ2) is 12.3. The van der Waals surface area contributed by atoms with E-state index in [0.29, 0.717) is 29.7 Å². The molecule has 1 amide bonds. The Morgan fingerprint density at radius 2 is 1.88 bits per heavy atom.